The lowest BCUT2D eigenvalue weighted by molar-refractivity contribution is -0.141. The van der Waals surface area contributed by atoms with E-state index in [9.17, 15) is 14.4 Å². The van der Waals surface area contributed by atoms with Crippen LogP contribution in [0.4, 0.5) is 5.69 Å². The number of benzene rings is 3. The first-order valence-corrected chi connectivity index (χ1v) is 14.6. The van der Waals surface area contributed by atoms with E-state index in [1.165, 1.54) is 6.42 Å². The number of ether oxygens (including phenoxy) is 1. The van der Waals surface area contributed by atoms with Gasteiger partial charge < -0.3 is 19.9 Å². The molecule has 1 fully saturated rings. The molecule has 40 heavy (non-hydrogen) atoms. The molecule has 1 N–H and O–H groups in total. The first-order chi connectivity index (χ1) is 19.5. The molecule has 1 unspecified atom stereocenters. The number of hydrogen-bond donors (Lipinski definition) is 1. The van der Waals surface area contributed by atoms with E-state index >= 15 is 0 Å². The second kappa shape index (κ2) is 12.5. The van der Waals surface area contributed by atoms with Gasteiger partial charge in [-0.25, -0.2) is 0 Å². The van der Waals surface area contributed by atoms with Gasteiger partial charge in [-0.3, -0.25) is 14.4 Å². The minimum Gasteiger partial charge on any atom is -0.497 e. The van der Waals surface area contributed by atoms with Gasteiger partial charge in [0, 0.05) is 36.5 Å². The van der Waals surface area contributed by atoms with Gasteiger partial charge in [-0.1, -0.05) is 62.6 Å². The Labute approximate surface area is 236 Å². The molecule has 210 valence electrons. The van der Waals surface area contributed by atoms with Crippen LogP contribution in [0, 0.1) is 0 Å². The van der Waals surface area contributed by atoms with E-state index in [1.54, 1.807) is 16.9 Å². The van der Waals surface area contributed by atoms with Crippen molar-refractivity contribution in [1.82, 2.24) is 10.2 Å². The van der Waals surface area contributed by atoms with E-state index in [1.807, 2.05) is 67.6 Å². The molecule has 0 radical (unpaired) electrons. The summed E-state index contributed by atoms with van der Waals surface area (Å²) in [7, 11) is 1.62. The summed E-state index contributed by atoms with van der Waals surface area (Å²) in [6.07, 6.45) is 6.72. The van der Waals surface area contributed by atoms with Gasteiger partial charge in [0.2, 0.25) is 11.8 Å². The normalized spacial score (nSPS) is 15.8. The maximum absolute atomic E-state index is 13.8. The Morgan fingerprint density at radius 2 is 1.80 bits per heavy atom. The number of carbonyl (C=O) groups is 3. The van der Waals surface area contributed by atoms with Gasteiger partial charge >= 0.3 is 0 Å². The van der Waals surface area contributed by atoms with Crippen molar-refractivity contribution in [2.75, 3.05) is 18.6 Å². The summed E-state index contributed by atoms with van der Waals surface area (Å²) in [6.45, 7) is 2.72. The fourth-order valence-electron chi connectivity index (χ4n) is 6.16. The summed E-state index contributed by atoms with van der Waals surface area (Å²) in [4.78, 5) is 43.9. The Morgan fingerprint density at radius 3 is 2.55 bits per heavy atom. The second-order valence-electron chi connectivity index (χ2n) is 10.9. The lowest BCUT2D eigenvalue weighted by Crippen LogP contribution is -2.51. The lowest BCUT2D eigenvalue weighted by atomic mass is 9.95. The zero-order chi connectivity index (χ0) is 28.1. The molecule has 1 heterocycles. The van der Waals surface area contributed by atoms with Crippen molar-refractivity contribution >= 4 is 34.2 Å². The average molecular weight is 542 g/mol. The highest BCUT2D eigenvalue weighted by molar-refractivity contribution is 6.25. The van der Waals surface area contributed by atoms with E-state index in [-0.39, 0.29) is 30.2 Å². The number of amides is 3. The third kappa shape index (κ3) is 5.83. The quantitative estimate of drug-likeness (QED) is 0.331. The van der Waals surface area contributed by atoms with Crippen molar-refractivity contribution in [3.8, 4) is 5.75 Å². The Kier molecular flexibility index (Phi) is 8.68. The molecule has 0 aromatic heterocycles. The molecule has 0 spiro atoms. The van der Waals surface area contributed by atoms with Crippen LogP contribution in [-0.4, -0.2) is 48.4 Å². The molecule has 1 atom stereocenters. The van der Waals surface area contributed by atoms with Gasteiger partial charge in [0.1, 0.15) is 11.8 Å². The van der Waals surface area contributed by atoms with Crippen molar-refractivity contribution in [3.63, 3.8) is 0 Å². The van der Waals surface area contributed by atoms with Gasteiger partial charge in [0.25, 0.3) is 5.91 Å². The van der Waals surface area contributed by atoms with Crippen LogP contribution in [0.15, 0.2) is 60.7 Å². The third-order valence-electron chi connectivity index (χ3n) is 8.25. The minimum atomic E-state index is -0.563. The first kappa shape index (κ1) is 27.7. The van der Waals surface area contributed by atoms with Crippen LogP contribution in [-0.2, 0) is 16.1 Å². The molecule has 3 aromatic rings. The van der Waals surface area contributed by atoms with Crippen LogP contribution in [0.5, 0.6) is 5.75 Å². The van der Waals surface area contributed by atoms with E-state index in [2.05, 4.69) is 5.32 Å². The molecular weight excluding hydrogens is 502 g/mol. The van der Waals surface area contributed by atoms with Crippen LogP contribution in [0.2, 0.25) is 0 Å². The van der Waals surface area contributed by atoms with Crippen molar-refractivity contribution in [3.05, 3.63) is 71.8 Å². The predicted molar refractivity (Wildman–Crippen MR) is 157 cm³/mol. The maximum Gasteiger partial charge on any atom is 0.258 e. The number of methoxy groups -OCH3 is 1. The van der Waals surface area contributed by atoms with Crippen molar-refractivity contribution in [2.45, 2.75) is 76.9 Å². The van der Waals surface area contributed by atoms with Gasteiger partial charge in [0.05, 0.1) is 12.8 Å². The zero-order valence-electron chi connectivity index (χ0n) is 23.5. The molecule has 7 nitrogen and oxygen atoms in total. The fourth-order valence-corrected chi connectivity index (χ4v) is 6.16. The summed E-state index contributed by atoms with van der Waals surface area (Å²) in [5.41, 5.74) is 2.52. The van der Waals surface area contributed by atoms with Gasteiger partial charge in [-0.05, 0) is 60.9 Å². The highest BCUT2D eigenvalue weighted by Crippen LogP contribution is 2.37. The predicted octanol–water partition coefficient (Wildman–Crippen LogP) is 5.85. The topological polar surface area (TPSA) is 79.0 Å². The summed E-state index contributed by atoms with van der Waals surface area (Å²) in [5.74, 6) is 0.523. The van der Waals surface area contributed by atoms with Crippen molar-refractivity contribution in [1.29, 1.82) is 0 Å². The number of hydrogen-bond acceptors (Lipinski definition) is 4. The van der Waals surface area contributed by atoms with Crippen LogP contribution in [0.3, 0.4) is 0 Å². The number of rotatable bonds is 11. The highest BCUT2D eigenvalue weighted by atomic mass is 16.5. The fraction of sp³-hybridized carbons (Fsp3) is 0.424. The van der Waals surface area contributed by atoms with Crippen LogP contribution in [0.25, 0.3) is 10.8 Å². The summed E-state index contributed by atoms with van der Waals surface area (Å²) >= 11 is 0. The first-order valence-electron chi connectivity index (χ1n) is 14.6. The average Bonchev–Trinajstić information content (AvgIpc) is 3.25. The summed E-state index contributed by atoms with van der Waals surface area (Å²) < 4.78 is 5.39. The van der Waals surface area contributed by atoms with Gasteiger partial charge in [-0.15, -0.1) is 0 Å². The van der Waals surface area contributed by atoms with Gasteiger partial charge in [-0.2, -0.15) is 0 Å². The van der Waals surface area contributed by atoms with E-state index in [0.29, 0.717) is 37.2 Å². The Bertz CT molecular complexity index is 1380. The van der Waals surface area contributed by atoms with E-state index < -0.39 is 6.04 Å². The Hall–Kier alpha value is -3.87. The highest BCUT2D eigenvalue weighted by Gasteiger charge is 2.32. The Morgan fingerprint density at radius 1 is 1.05 bits per heavy atom. The number of nitrogens with one attached hydrogen (secondary N) is 1. The number of anilines is 1. The van der Waals surface area contributed by atoms with Crippen molar-refractivity contribution < 1.29 is 19.1 Å². The minimum absolute atomic E-state index is 0.0224. The molecule has 0 bridgehead atoms. The largest absolute Gasteiger partial charge is 0.497 e. The lowest BCUT2D eigenvalue weighted by Gasteiger charge is -2.33. The zero-order valence-corrected chi connectivity index (χ0v) is 23.5. The molecule has 1 aliphatic heterocycles. The van der Waals surface area contributed by atoms with Crippen LogP contribution >= 0.6 is 0 Å². The maximum atomic E-state index is 13.8. The van der Waals surface area contributed by atoms with E-state index in [4.69, 9.17) is 4.74 Å². The molecule has 5 rings (SSSR count). The molecule has 7 heteroatoms. The van der Waals surface area contributed by atoms with Gasteiger partial charge in [0.15, 0.2) is 0 Å². The summed E-state index contributed by atoms with van der Waals surface area (Å²) in [6, 6.07) is 19.0. The van der Waals surface area contributed by atoms with Crippen LogP contribution < -0.4 is 15.0 Å². The van der Waals surface area contributed by atoms with Crippen molar-refractivity contribution in [2.24, 2.45) is 0 Å². The molecule has 3 amide bonds. The molecule has 0 saturated heterocycles. The molecule has 3 aromatic carbocycles. The third-order valence-corrected chi connectivity index (χ3v) is 8.25. The number of carbonyl (C=O) groups excluding carboxylic acids is 3. The standard InChI is InChI=1S/C33H39N3O4/c1-3-28(32(38)34-25-14-5-4-6-15-25)36(22-23-11-7-16-26(21-23)40-2)30(37)19-10-20-35-29-18-9-13-24-12-8-17-27(31(24)29)33(35)39/h7-9,11-13,16-18,21,25,28H,3-6,10,14-15,19-20,22H2,1-2H3,(H,34,38). The summed E-state index contributed by atoms with van der Waals surface area (Å²) in [5, 5.41) is 5.25. The molecule has 1 saturated carbocycles. The monoisotopic (exact) mass is 541 g/mol. The van der Waals surface area contributed by atoms with Crippen LogP contribution in [0.1, 0.15) is 74.2 Å². The number of nitrogens with zero attached hydrogens (tertiary/aromatic N) is 2. The molecule has 2 aliphatic rings. The smallest absolute Gasteiger partial charge is 0.258 e. The van der Waals surface area contributed by atoms with E-state index in [0.717, 1.165) is 47.7 Å². The Balaban J connectivity index is 1.30. The molecule has 1 aliphatic carbocycles. The SMILES string of the molecule is CCC(C(=O)NC1CCCCC1)N(Cc1cccc(OC)c1)C(=O)CCCN1C(=O)c2cccc3cccc1c23. The second-order valence-corrected chi connectivity index (χ2v) is 10.9. The molecular formula is C33H39N3O4.